The van der Waals surface area contributed by atoms with Crippen LogP contribution < -0.4 is 4.90 Å². The SMILES string of the molecule is CS(=O)(=O)CCCN1CCCc2cc(/C(=C3/C=C4CCCN(CCCS(=O)(=O)O)C4=CC3)c3ccc(C(=O)O)cc3C(=O)O)c(O)cc21. The molecule has 5 rings (SSSR count). The number of aromatic carboxylic acids is 2. The predicted octanol–water partition coefficient (Wildman–Crippen LogP) is 4.37. The molecule has 14 heteroatoms. The fourth-order valence-electron chi connectivity index (χ4n) is 6.85. The van der Waals surface area contributed by atoms with E-state index in [2.05, 4.69) is 9.80 Å². The molecule has 258 valence electrons. The van der Waals surface area contributed by atoms with Crippen LogP contribution in [0.25, 0.3) is 5.57 Å². The molecule has 0 saturated carbocycles. The Hall–Kier alpha value is -4.14. The van der Waals surface area contributed by atoms with Crippen LogP contribution in [0.15, 0.2) is 59.3 Å². The van der Waals surface area contributed by atoms with Crippen LogP contribution >= 0.6 is 0 Å². The van der Waals surface area contributed by atoms with Gasteiger partial charge < -0.3 is 25.1 Å². The Labute approximate surface area is 280 Å². The van der Waals surface area contributed by atoms with E-state index in [1.807, 2.05) is 18.2 Å². The molecule has 1 aliphatic carbocycles. The molecule has 0 aromatic heterocycles. The van der Waals surface area contributed by atoms with Gasteiger partial charge in [0.1, 0.15) is 15.6 Å². The van der Waals surface area contributed by atoms with E-state index in [1.165, 1.54) is 18.4 Å². The fraction of sp³-hybridized carbons (Fsp3) is 0.412. The molecule has 1 fully saturated rings. The number of sulfone groups is 1. The normalized spacial score (nSPS) is 17.6. The number of carbonyl (C=O) groups is 2. The van der Waals surface area contributed by atoms with Crippen molar-refractivity contribution in [3.63, 3.8) is 0 Å². The third kappa shape index (κ3) is 8.28. The molecule has 0 unspecified atom stereocenters. The summed E-state index contributed by atoms with van der Waals surface area (Å²) in [5.41, 5.74) is 5.08. The summed E-state index contributed by atoms with van der Waals surface area (Å²) in [6.07, 6.45) is 9.25. The molecule has 0 spiro atoms. The summed E-state index contributed by atoms with van der Waals surface area (Å²) in [6, 6.07) is 7.43. The molecular formula is C34H40N2O10S2. The van der Waals surface area contributed by atoms with Gasteiger partial charge in [-0.05, 0) is 91.0 Å². The molecule has 0 atom stereocenters. The third-order valence-corrected chi connectivity index (χ3v) is 10.8. The summed E-state index contributed by atoms with van der Waals surface area (Å²) < 4.78 is 55.2. The fourth-order valence-corrected chi connectivity index (χ4v) is 8.00. The van der Waals surface area contributed by atoms with Crippen LogP contribution in [0.5, 0.6) is 5.75 Å². The van der Waals surface area contributed by atoms with E-state index in [0.29, 0.717) is 56.6 Å². The highest BCUT2D eigenvalue weighted by Gasteiger charge is 2.28. The lowest BCUT2D eigenvalue weighted by Crippen LogP contribution is -2.32. The van der Waals surface area contributed by atoms with Crippen molar-refractivity contribution in [1.82, 2.24) is 4.90 Å². The van der Waals surface area contributed by atoms with Crippen molar-refractivity contribution >= 4 is 43.2 Å². The van der Waals surface area contributed by atoms with Gasteiger partial charge in [-0.3, -0.25) is 4.55 Å². The number of benzene rings is 2. The molecule has 4 N–H and O–H groups in total. The van der Waals surface area contributed by atoms with E-state index >= 15 is 0 Å². The second-order valence-electron chi connectivity index (χ2n) is 12.5. The molecule has 2 heterocycles. The van der Waals surface area contributed by atoms with E-state index < -0.39 is 31.9 Å². The number of piperidine rings is 1. The van der Waals surface area contributed by atoms with E-state index in [1.54, 1.807) is 6.07 Å². The van der Waals surface area contributed by atoms with Crippen molar-refractivity contribution in [2.45, 2.75) is 44.9 Å². The minimum absolute atomic E-state index is 0.0472. The summed E-state index contributed by atoms with van der Waals surface area (Å²) in [4.78, 5) is 28.5. The summed E-state index contributed by atoms with van der Waals surface area (Å²) >= 11 is 0. The summed E-state index contributed by atoms with van der Waals surface area (Å²) in [5.74, 6) is -2.97. The maximum atomic E-state index is 12.6. The average Bonchev–Trinajstić information content (AvgIpc) is 3.00. The molecule has 12 nitrogen and oxygen atoms in total. The first kappa shape index (κ1) is 35.2. The Balaban J connectivity index is 1.61. The maximum absolute atomic E-state index is 12.6. The van der Waals surface area contributed by atoms with Gasteiger partial charge in [0, 0.05) is 55.4 Å². The summed E-state index contributed by atoms with van der Waals surface area (Å²) in [7, 11) is -7.21. The Morgan fingerprint density at radius 1 is 0.833 bits per heavy atom. The Morgan fingerprint density at radius 3 is 2.21 bits per heavy atom. The van der Waals surface area contributed by atoms with E-state index in [4.69, 9.17) is 0 Å². The highest BCUT2D eigenvalue weighted by Crippen LogP contribution is 2.44. The summed E-state index contributed by atoms with van der Waals surface area (Å²) in [6.45, 7) is 2.34. The zero-order valence-electron chi connectivity index (χ0n) is 26.7. The van der Waals surface area contributed by atoms with Crippen molar-refractivity contribution in [3.05, 3.63) is 87.1 Å². The number of nitrogens with zero attached hydrogens (tertiary/aromatic N) is 2. The van der Waals surface area contributed by atoms with Gasteiger partial charge in [0.15, 0.2) is 0 Å². The zero-order chi connectivity index (χ0) is 34.8. The number of likely N-dealkylation sites (tertiary alicyclic amines) is 1. The Kier molecular flexibility index (Phi) is 10.4. The van der Waals surface area contributed by atoms with Gasteiger partial charge >= 0.3 is 11.9 Å². The van der Waals surface area contributed by atoms with Crippen molar-refractivity contribution in [3.8, 4) is 5.75 Å². The minimum atomic E-state index is -4.08. The third-order valence-electron chi connectivity index (χ3n) is 8.95. The van der Waals surface area contributed by atoms with Gasteiger partial charge in [-0.25, -0.2) is 18.0 Å². The largest absolute Gasteiger partial charge is 0.507 e. The second-order valence-corrected chi connectivity index (χ2v) is 16.4. The number of hydrogen-bond donors (Lipinski definition) is 4. The lowest BCUT2D eigenvalue weighted by atomic mass is 9.82. The second kappa shape index (κ2) is 14.1. The topological polar surface area (TPSA) is 190 Å². The van der Waals surface area contributed by atoms with Crippen molar-refractivity contribution < 1.29 is 46.3 Å². The van der Waals surface area contributed by atoms with Crippen molar-refractivity contribution in [2.24, 2.45) is 0 Å². The van der Waals surface area contributed by atoms with Crippen molar-refractivity contribution in [1.29, 1.82) is 0 Å². The van der Waals surface area contributed by atoms with E-state index in [0.717, 1.165) is 53.4 Å². The zero-order valence-corrected chi connectivity index (χ0v) is 28.3. The number of anilines is 1. The van der Waals surface area contributed by atoms with Crippen LogP contribution in [-0.4, -0.2) is 97.5 Å². The standard InChI is InChI=1S/C34H40N2O10S2/c1-47(42,43)16-4-14-36-13-3-7-23-19-28(31(37)21-30(23)36)32(26-10-8-25(33(38)39)20-27(26)34(40)41)24-9-11-29-22(18-24)6-2-12-35(29)15-5-17-48(44,45)46/h8,10-11,18-21,37H,2-7,9,12-17H2,1H3,(H,38,39)(H,40,41)(H,44,45,46)/b32-24+. The van der Waals surface area contributed by atoms with Gasteiger partial charge in [-0.15, -0.1) is 0 Å². The lowest BCUT2D eigenvalue weighted by Gasteiger charge is -2.36. The number of rotatable bonds is 12. The lowest BCUT2D eigenvalue weighted by molar-refractivity contribution is 0.0695. The van der Waals surface area contributed by atoms with Crippen LogP contribution in [0.2, 0.25) is 0 Å². The average molecular weight is 701 g/mol. The maximum Gasteiger partial charge on any atom is 0.336 e. The van der Waals surface area contributed by atoms with Crippen LogP contribution in [0.1, 0.15) is 75.9 Å². The number of hydrogen-bond acceptors (Lipinski definition) is 9. The number of allylic oxidation sites excluding steroid dienone is 4. The molecule has 3 aliphatic rings. The van der Waals surface area contributed by atoms with E-state index in [9.17, 15) is 46.3 Å². The number of aryl methyl sites for hydroxylation is 1. The van der Waals surface area contributed by atoms with Crippen LogP contribution in [0, 0.1) is 0 Å². The molecule has 2 aromatic carbocycles. The monoisotopic (exact) mass is 700 g/mol. The molecule has 2 aliphatic heterocycles. The highest BCUT2D eigenvalue weighted by atomic mass is 32.2. The minimum Gasteiger partial charge on any atom is -0.507 e. The number of carboxylic acid groups (broad SMARTS) is 2. The predicted molar refractivity (Wildman–Crippen MR) is 182 cm³/mol. The number of aromatic hydroxyl groups is 1. The molecular weight excluding hydrogens is 661 g/mol. The van der Waals surface area contributed by atoms with Crippen LogP contribution in [0.3, 0.4) is 0 Å². The van der Waals surface area contributed by atoms with E-state index in [-0.39, 0.29) is 40.4 Å². The molecule has 48 heavy (non-hydrogen) atoms. The number of carboxylic acids is 2. The van der Waals surface area contributed by atoms with Gasteiger partial charge in [0.2, 0.25) is 0 Å². The molecule has 0 radical (unpaired) electrons. The first-order valence-electron chi connectivity index (χ1n) is 15.9. The van der Waals surface area contributed by atoms with Gasteiger partial charge in [0.25, 0.3) is 10.1 Å². The molecule has 1 saturated heterocycles. The molecule has 0 bridgehead atoms. The summed E-state index contributed by atoms with van der Waals surface area (Å²) in [5, 5.41) is 31.4. The smallest absolute Gasteiger partial charge is 0.336 e. The van der Waals surface area contributed by atoms with Gasteiger partial charge in [-0.1, -0.05) is 18.2 Å². The number of phenols is 1. The van der Waals surface area contributed by atoms with Gasteiger partial charge in [-0.2, -0.15) is 8.42 Å². The molecule has 2 aromatic rings. The quantitative estimate of drug-likeness (QED) is 0.229. The van der Waals surface area contributed by atoms with Crippen LogP contribution in [-0.2, 0) is 26.4 Å². The number of phenolic OH excluding ortho intramolecular Hbond substituents is 1. The first-order valence-corrected chi connectivity index (χ1v) is 19.5. The van der Waals surface area contributed by atoms with Crippen LogP contribution in [0.4, 0.5) is 5.69 Å². The van der Waals surface area contributed by atoms with Crippen molar-refractivity contribution in [2.75, 3.05) is 48.8 Å². The Morgan fingerprint density at radius 2 is 1.52 bits per heavy atom. The highest BCUT2D eigenvalue weighted by molar-refractivity contribution is 7.90. The molecule has 0 amide bonds. The first-order chi connectivity index (χ1) is 22.6. The van der Waals surface area contributed by atoms with Gasteiger partial charge in [0.05, 0.1) is 22.6 Å². The number of fused-ring (bicyclic) bond motifs is 2. The Bertz CT molecular complexity index is 1950.